The molecular formula is C42H68O13. The van der Waals surface area contributed by atoms with Gasteiger partial charge in [0.1, 0.15) is 42.7 Å². The number of allylic oxidation sites excluding steroid dienone is 1. The first kappa shape index (κ1) is 41.0. The maximum Gasteiger partial charge on any atom is 0.187 e. The monoisotopic (exact) mass is 780 g/mol. The van der Waals surface area contributed by atoms with E-state index >= 15 is 0 Å². The van der Waals surface area contributed by atoms with Gasteiger partial charge < -0.3 is 64.5 Å². The molecule has 2 bridgehead atoms. The molecule has 0 aromatic carbocycles. The second-order valence-electron chi connectivity index (χ2n) is 21.0. The predicted molar refractivity (Wildman–Crippen MR) is 197 cm³/mol. The molecule has 0 unspecified atom stereocenters. The smallest absolute Gasteiger partial charge is 0.187 e. The molecule has 0 aromatic rings. The van der Waals surface area contributed by atoms with Gasteiger partial charge in [-0.05, 0) is 86.4 Å². The number of aliphatic hydroxyl groups excluding tert-OH is 8. The quantitative estimate of drug-likeness (QED) is 0.143. The van der Waals surface area contributed by atoms with Gasteiger partial charge in [0.25, 0.3) is 0 Å². The first-order valence-electron chi connectivity index (χ1n) is 20.9. The molecule has 3 aliphatic heterocycles. The topological polar surface area (TPSA) is 208 Å². The summed E-state index contributed by atoms with van der Waals surface area (Å²) in [7, 11) is 0. The van der Waals surface area contributed by atoms with Crippen LogP contribution in [0.3, 0.4) is 0 Å². The third kappa shape index (κ3) is 5.44. The summed E-state index contributed by atoms with van der Waals surface area (Å²) in [6.45, 7) is 15.2. The van der Waals surface area contributed by atoms with Gasteiger partial charge in [0.15, 0.2) is 12.6 Å². The minimum absolute atomic E-state index is 0.0158. The lowest BCUT2D eigenvalue weighted by Gasteiger charge is -2.73. The summed E-state index contributed by atoms with van der Waals surface area (Å²) in [5.74, 6) is 0.401. The lowest BCUT2D eigenvalue weighted by atomic mass is 9.32. The minimum Gasteiger partial charge on any atom is -0.396 e. The fourth-order valence-electron chi connectivity index (χ4n) is 14.3. The molecule has 3 heterocycles. The Kier molecular flexibility index (Phi) is 9.95. The van der Waals surface area contributed by atoms with Gasteiger partial charge in [-0.3, -0.25) is 0 Å². The van der Waals surface area contributed by atoms with Crippen LogP contribution in [0.15, 0.2) is 12.2 Å². The van der Waals surface area contributed by atoms with Crippen LogP contribution in [0.1, 0.15) is 99.8 Å². The van der Waals surface area contributed by atoms with Crippen molar-refractivity contribution in [2.45, 2.75) is 179 Å². The largest absolute Gasteiger partial charge is 0.396 e. The van der Waals surface area contributed by atoms with E-state index in [1.807, 2.05) is 6.92 Å². The van der Waals surface area contributed by atoms with Crippen LogP contribution in [0.4, 0.5) is 0 Å². The van der Waals surface area contributed by atoms with Crippen molar-refractivity contribution < 1.29 is 64.5 Å². The average Bonchev–Trinajstić information content (AvgIpc) is 3.41. The summed E-state index contributed by atoms with van der Waals surface area (Å²) >= 11 is 0. The van der Waals surface area contributed by atoms with E-state index in [9.17, 15) is 40.9 Å². The summed E-state index contributed by atoms with van der Waals surface area (Å²) in [6, 6.07) is 0. The molecule has 13 heteroatoms. The Balaban J connectivity index is 1.06. The summed E-state index contributed by atoms with van der Waals surface area (Å²) in [5.41, 5.74) is -2.00. The fourth-order valence-corrected chi connectivity index (χ4v) is 14.3. The molecule has 55 heavy (non-hydrogen) atoms. The minimum atomic E-state index is -1.67. The molecule has 13 nitrogen and oxygen atoms in total. The highest BCUT2D eigenvalue weighted by atomic mass is 16.7. The van der Waals surface area contributed by atoms with Gasteiger partial charge in [-0.2, -0.15) is 0 Å². The second-order valence-corrected chi connectivity index (χ2v) is 21.0. The molecule has 8 rings (SSSR count). The first-order chi connectivity index (χ1) is 25.7. The van der Waals surface area contributed by atoms with Crippen LogP contribution in [0.25, 0.3) is 0 Å². The van der Waals surface area contributed by atoms with Gasteiger partial charge in [-0.1, -0.05) is 53.7 Å². The fraction of sp³-hybridized carbons (Fsp3) is 0.952. The Morgan fingerprint density at radius 2 is 1.44 bits per heavy atom. The van der Waals surface area contributed by atoms with Gasteiger partial charge in [0.2, 0.25) is 0 Å². The second kappa shape index (κ2) is 13.4. The molecular weight excluding hydrogens is 712 g/mol. The van der Waals surface area contributed by atoms with E-state index < -0.39 is 91.2 Å². The lowest BCUT2D eigenvalue weighted by molar-refractivity contribution is -0.368. The average molecular weight is 781 g/mol. The number of rotatable bonds is 6. The highest BCUT2D eigenvalue weighted by molar-refractivity contribution is 5.36. The third-order valence-corrected chi connectivity index (χ3v) is 17.9. The van der Waals surface area contributed by atoms with Crippen molar-refractivity contribution in [2.24, 2.45) is 50.2 Å². The van der Waals surface area contributed by atoms with Gasteiger partial charge in [0, 0.05) is 22.2 Å². The molecule has 314 valence electrons. The summed E-state index contributed by atoms with van der Waals surface area (Å²) < 4.78 is 31.2. The predicted octanol–water partition coefficient (Wildman–Crippen LogP) is 1.78. The molecule has 1 spiro atoms. The van der Waals surface area contributed by atoms with Crippen LogP contribution in [0.2, 0.25) is 0 Å². The molecule has 7 fully saturated rings. The Morgan fingerprint density at radius 1 is 0.727 bits per heavy atom. The van der Waals surface area contributed by atoms with Crippen LogP contribution in [0.5, 0.6) is 0 Å². The van der Waals surface area contributed by atoms with Crippen LogP contribution in [-0.2, 0) is 23.7 Å². The molecule has 0 amide bonds. The normalized spacial score (nSPS) is 59.7. The van der Waals surface area contributed by atoms with E-state index in [1.54, 1.807) is 0 Å². The van der Waals surface area contributed by atoms with Crippen LogP contribution < -0.4 is 0 Å². The van der Waals surface area contributed by atoms with E-state index in [0.717, 1.165) is 38.5 Å². The van der Waals surface area contributed by atoms with Crippen molar-refractivity contribution in [3.05, 3.63) is 12.2 Å². The molecule has 5 aliphatic carbocycles. The third-order valence-electron chi connectivity index (χ3n) is 17.9. The zero-order valence-corrected chi connectivity index (χ0v) is 33.7. The molecule has 8 N–H and O–H groups in total. The summed E-state index contributed by atoms with van der Waals surface area (Å²) in [5, 5.41) is 87.5. The molecule has 0 radical (unpaired) electrons. The van der Waals surface area contributed by atoms with Crippen molar-refractivity contribution in [3.63, 3.8) is 0 Å². The maximum atomic E-state index is 12.1. The van der Waals surface area contributed by atoms with E-state index in [0.29, 0.717) is 19.4 Å². The molecule has 4 saturated carbocycles. The molecule has 0 aromatic heterocycles. The summed E-state index contributed by atoms with van der Waals surface area (Å²) in [6.07, 6.45) is -3.55. The highest BCUT2D eigenvalue weighted by Gasteiger charge is 2.79. The van der Waals surface area contributed by atoms with Crippen LogP contribution >= 0.6 is 0 Å². The van der Waals surface area contributed by atoms with Crippen molar-refractivity contribution in [1.82, 2.24) is 0 Å². The standard InChI is InChI=1S/C42H68O13/c1-21-28(46)30(48)31(49)34(52-21)55-33-29(47)22(18-43)53-35(32(33)50)54-27-10-11-37(4)23(38(27,5)19-44)8-12-39(6)24(37)9-13-42-25-16-36(2,3)14-15-41(25,20-51-42)26(45)17-40(39,42)7/h9,13,21-35,43-50H,8,10-12,14-20H2,1-7H3/t21-,22-,23-,24-,25+,26-,27+,28-,29-,30+,31-,32-,33+,34+,35+,37+,38-,39-,40+,41-,42+/m0/s1. The number of ether oxygens (including phenoxy) is 5. The highest BCUT2D eigenvalue weighted by Crippen LogP contribution is 2.79. The Labute approximate surface area is 325 Å². The molecule has 21 atom stereocenters. The Hall–Kier alpha value is -0.780. The van der Waals surface area contributed by atoms with Crippen LogP contribution in [-0.4, -0.2) is 140 Å². The van der Waals surface area contributed by atoms with Crippen molar-refractivity contribution in [2.75, 3.05) is 19.8 Å². The van der Waals surface area contributed by atoms with E-state index in [1.165, 1.54) is 6.92 Å². The van der Waals surface area contributed by atoms with Crippen molar-refractivity contribution in [3.8, 4) is 0 Å². The molecule has 8 aliphatic rings. The van der Waals surface area contributed by atoms with E-state index in [2.05, 4.69) is 46.8 Å². The molecule has 3 saturated heterocycles. The summed E-state index contributed by atoms with van der Waals surface area (Å²) in [4.78, 5) is 0. The van der Waals surface area contributed by atoms with Crippen molar-refractivity contribution >= 4 is 0 Å². The van der Waals surface area contributed by atoms with Gasteiger partial charge in [-0.15, -0.1) is 0 Å². The number of hydrogen-bond acceptors (Lipinski definition) is 13. The van der Waals surface area contributed by atoms with E-state index in [-0.39, 0.29) is 51.4 Å². The zero-order valence-electron chi connectivity index (χ0n) is 33.7. The number of fused-ring (bicyclic) bond motifs is 4. The van der Waals surface area contributed by atoms with Crippen LogP contribution in [0, 0.1) is 50.2 Å². The first-order valence-corrected chi connectivity index (χ1v) is 20.9. The SMILES string of the molecule is C[C@@H]1O[C@H](O[C@H]2[C@H](O)[C@@H](O[C@@H]3CC[C@]4(C)[C@H](CC[C@@]5(C)[C@H]4C=C[C@@]46OC[C@]7(CCC(C)(C)C[C@H]74)[C@@H](O)C[C@]56C)[C@]3(C)CO)O[C@@H](CO)[C@@H]2O)[C@@H](O)[C@H](O)[C@H]1O. The maximum absolute atomic E-state index is 12.1. The Morgan fingerprint density at radius 3 is 2.13 bits per heavy atom. The van der Waals surface area contributed by atoms with E-state index in [4.69, 9.17) is 23.7 Å². The lowest BCUT2D eigenvalue weighted by Crippen LogP contribution is -2.72. The zero-order chi connectivity index (χ0) is 39.9. The van der Waals surface area contributed by atoms with Gasteiger partial charge >= 0.3 is 0 Å². The van der Waals surface area contributed by atoms with Gasteiger partial charge in [0.05, 0.1) is 43.7 Å². The number of hydrogen-bond donors (Lipinski definition) is 8. The van der Waals surface area contributed by atoms with Crippen molar-refractivity contribution in [1.29, 1.82) is 0 Å². The van der Waals surface area contributed by atoms with Gasteiger partial charge in [-0.25, -0.2) is 0 Å². The number of aliphatic hydroxyl groups is 8. The Bertz CT molecular complexity index is 1490.